The van der Waals surface area contributed by atoms with Crippen LogP contribution in [0.3, 0.4) is 0 Å². The van der Waals surface area contributed by atoms with Crippen LogP contribution in [-0.2, 0) is 6.18 Å². The van der Waals surface area contributed by atoms with Crippen molar-refractivity contribution in [1.29, 1.82) is 0 Å². The quantitative estimate of drug-likeness (QED) is 0.282. The Hall–Kier alpha value is -1.87. The van der Waals surface area contributed by atoms with Crippen LogP contribution in [0.15, 0.2) is 39.8 Å². The van der Waals surface area contributed by atoms with Crippen molar-refractivity contribution in [2.45, 2.75) is 6.18 Å². The maximum absolute atomic E-state index is 13.9. The van der Waals surface area contributed by atoms with Crippen molar-refractivity contribution in [2.75, 3.05) is 5.88 Å². The molecule has 10 heteroatoms. The number of hydrogen-bond donors (Lipinski definition) is 1. The molecule has 2 aromatic carbocycles. The summed E-state index contributed by atoms with van der Waals surface area (Å²) in [4.78, 5) is 3.95. The lowest BCUT2D eigenvalue weighted by Gasteiger charge is -2.12. The summed E-state index contributed by atoms with van der Waals surface area (Å²) in [6.45, 7) is 0. The molecule has 0 aromatic heterocycles. The van der Waals surface area contributed by atoms with Gasteiger partial charge in [-0.25, -0.2) is 13.8 Å². The van der Waals surface area contributed by atoms with Gasteiger partial charge in [-0.05, 0) is 24.3 Å². The van der Waals surface area contributed by atoms with Crippen LogP contribution < -0.4 is 10.5 Å². The molecule has 0 aliphatic carbocycles. The van der Waals surface area contributed by atoms with Gasteiger partial charge in [-0.1, -0.05) is 15.9 Å². The summed E-state index contributed by atoms with van der Waals surface area (Å²) < 4.78 is 70.8. The van der Waals surface area contributed by atoms with E-state index in [9.17, 15) is 22.0 Å². The molecule has 25 heavy (non-hydrogen) atoms. The van der Waals surface area contributed by atoms with Crippen molar-refractivity contribution in [3.63, 3.8) is 0 Å². The van der Waals surface area contributed by atoms with E-state index in [4.69, 9.17) is 22.1 Å². The van der Waals surface area contributed by atoms with Crippen molar-refractivity contribution in [2.24, 2.45) is 10.7 Å². The van der Waals surface area contributed by atoms with Gasteiger partial charge in [0.25, 0.3) is 0 Å². The van der Waals surface area contributed by atoms with Gasteiger partial charge in [0.05, 0.1) is 17.1 Å². The molecule has 0 fully saturated rings. The molecule has 0 amide bonds. The average molecular weight is 444 g/mol. The predicted octanol–water partition coefficient (Wildman–Crippen LogP) is 5.77. The monoisotopic (exact) mass is 442 g/mol. The molecule has 2 aromatic rings. The van der Waals surface area contributed by atoms with Crippen molar-refractivity contribution < 1.29 is 26.7 Å². The van der Waals surface area contributed by atoms with E-state index in [0.29, 0.717) is 4.47 Å². The Balaban J connectivity index is 2.40. The second-order valence-electron chi connectivity index (χ2n) is 4.75. The zero-order valence-electron chi connectivity index (χ0n) is 12.2. The fourth-order valence-corrected chi connectivity index (χ4v) is 2.33. The number of alkyl halides is 4. The Morgan fingerprint density at radius 2 is 1.72 bits per heavy atom. The highest BCUT2D eigenvalue weighted by Crippen LogP contribution is 2.37. The van der Waals surface area contributed by atoms with Crippen molar-refractivity contribution in [1.82, 2.24) is 0 Å². The summed E-state index contributed by atoms with van der Waals surface area (Å²) in [5.74, 6) is -3.95. The zero-order chi connectivity index (χ0) is 18.8. The third kappa shape index (κ3) is 5.05. The van der Waals surface area contributed by atoms with Gasteiger partial charge < -0.3 is 10.5 Å². The molecule has 134 valence electrons. The summed E-state index contributed by atoms with van der Waals surface area (Å²) in [6, 6.07) is 4.49. The Labute approximate surface area is 152 Å². The molecule has 0 aliphatic heterocycles. The third-order valence-corrected chi connectivity index (χ3v) is 3.54. The molecule has 0 atom stereocenters. The second kappa shape index (κ2) is 7.57. The van der Waals surface area contributed by atoms with Crippen LogP contribution in [0.4, 0.5) is 27.6 Å². The second-order valence-corrected chi connectivity index (χ2v) is 5.93. The van der Waals surface area contributed by atoms with Crippen LogP contribution in [0.25, 0.3) is 0 Å². The topological polar surface area (TPSA) is 47.6 Å². The Bertz CT molecular complexity index is 803. The van der Waals surface area contributed by atoms with Gasteiger partial charge in [0.2, 0.25) is 0 Å². The first-order chi connectivity index (χ1) is 11.6. The van der Waals surface area contributed by atoms with E-state index >= 15 is 0 Å². The summed E-state index contributed by atoms with van der Waals surface area (Å²) in [5, 5.41) is 0. The van der Waals surface area contributed by atoms with Gasteiger partial charge in [-0.3, -0.25) is 0 Å². The molecule has 3 nitrogen and oxygen atoms in total. The summed E-state index contributed by atoms with van der Waals surface area (Å²) in [5.41, 5.74) is 4.32. The summed E-state index contributed by atoms with van der Waals surface area (Å²) >= 11 is 8.67. The zero-order valence-corrected chi connectivity index (χ0v) is 14.5. The molecule has 0 radical (unpaired) electrons. The molecule has 2 rings (SSSR count). The van der Waals surface area contributed by atoms with E-state index in [-0.39, 0.29) is 35.3 Å². The van der Waals surface area contributed by atoms with Gasteiger partial charge in [0.15, 0.2) is 17.4 Å². The van der Waals surface area contributed by atoms with E-state index in [1.54, 1.807) is 0 Å². The van der Waals surface area contributed by atoms with Crippen LogP contribution in [0, 0.1) is 11.6 Å². The van der Waals surface area contributed by atoms with Crippen LogP contribution in [0.5, 0.6) is 11.5 Å². The normalized spacial score (nSPS) is 12.4. The Morgan fingerprint density at radius 3 is 2.24 bits per heavy atom. The van der Waals surface area contributed by atoms with Crippen LogP contribution >= 0.6 is 27.5 Å². The smallest absolute Gasteiger partial charge is 0.416 e. The number of hydrogen-bond acceptors (Lipinski definition) is 2. The first-order valence-electron chi connectivity index (χ1n) is 6.54. The third-order valence-electron chi connectivity index (χ3n) is 2.81. The fourth-order valence-electron chi connectivity index (χ4n) is 1.81. The predicted molar refractivity (Wildman–Crippen MR) is 87.6 cm³/mol. The molecule has 0 spiro atoms. The first kappa shape index (κ1) is 19.5. The molecular weight excluding hydrogens is 435 g/mol. The van der Waals surface area contributed by atoms with Crippen LogP contribution in [0.1, 0.15) is 5.56 Å². The molecule has 0 bridgehead atoms. The number of aliphatic imine (C=N–C) groups is 1. The van der Waals surface area contributed by atoms with Gasteiger partial charge in [0, 0.05) is 10.5 Å². The minimum Gasteiger partial charge on any atom is -0.451 e. The lowest BCUT2D eigenvalue weighted by Crippen LogP contribution is -2.12. The molecule has 0 saturated carbocycles. The number of nitrogens with two attached hydrogens (primary N) is 1. The average Bonchev–Trinajstić information content (AvgIpc) is 2.49. The Kier molecular flexibility index (Phi) is 5.89. The van der Waals surface area contributed by atoms with E-state index in [0.717, 1.165) is 0 Å². The van der Waals surface area contributed by atoms with Gasteiger partial charge in [-0.2, -0.15) is 13.2 Å². The van der Waals surface area contributed by atoms with Crippen molar-refractivity contribution >= 4 is 39.1 Å². The number of rotatable bonds is 4. The van der Waals surface area contributed by atoms with E-state index in [2.05, 4.69) is 20.9 Å². The van der Waals surface area contributed by atoms with Crippen LogP contribution in [-0.4, -0.2) is 11.7 Å². The summed E-state index contributed by atoms with van der Waals surface area (Å²) in [7, 11) is 0. The minimum absolute atomic E-state index is 0.0368. The minimum atomic E-state index is -4.88. The van der Waals surface area contributed by atoms with Crippen LogP contribution in [0.2, 0.25) is 0 Å². The highest BCUT2D eigenvalue weighted by molar-refractivity contribution is 9.10. The van der Waals surface area contributed by atoms with Gasteiger partial charge in [-0.15, -0.1) is 11.6 Å². The molecule has 2 N–H and O–H groups in total. The SMILES string of the molecule is NC(CCl)=Nc1cc(Br)cc(Oc2c(F)cc(C(F)(F)F)cc2F)c1. The van der Waals surface area contributed by atoms with Gasteiger partial charge >= 0.3 is 6.18 Å². The lowest BCUT2D eigenvalue weighted by atomic mass is 10.2. The van der Waals surface area contributed by atoms with Crippen molar-refractivity contribution in [3.05, 3.63) is 52.0 Å². The highest BCUT2D eigenvalue weighted by Gasteiger charge is 2.33. The Morgan fingerprint density at radius 1 is 1.12 bits per heavy atom. The number of halogens is 7. The maximum atomic E-state index is 13.9. The fraction of sp³-hybridized carbons (Fsp3) is 0.133. The molecule has 0 aliphatic rings. The van der Waals surface area contributed by atoms with E-state index in [1.807, 2.05) is 0 Å². The summed E-state index contributed by atoms with van der Waals surface area (Å²) in [6.07, 6.45) is -4.88. The number of benzene rings is 2. The van der Waals surface area contributed by atoms with E-state index in [1.165, 1.54) is 18.2 Å². The standard InChI is InChI=1S/C15H9BrClF5N2O/c16-8-3-9(24-13(23)6-17)5-10(4-8)25-14-11(18)1-7(2-12(14)19)15(20,21)22/h1-5H,6H2,(H2,23,24). The van der Waals surface area contributed by atoms with Gasteiger partial charge in [0.1, 0.15) is 11.6 Å². The lowest BCUT2D eigenvalue weighted by molar-refractivity contribution is -0.138. The first-order valence-corrected chi connectivity index (χ1v) is 7.86. The number of amidine groups is 1. The largest absolute Gasteiger partial charge is 0.451 e. The maximum Gasteiger partial charge on any atom is 0.416 e. The molecular formula is C15H9BrClF5N2O. The number of nitrogens with zero attached hydrogens (tertiary/aromatic N) is 1. The molecule has 0 unspecified atom stereocenters. The molecule has 0 heterocycles. The van der Waals surface area contributed by atoms with E-state index < -0.39 is 29.1 Å². The highest BCUT2D eigenvalue weighted by atomic mass is 79.9. The van der Waals surface area contributed by atoms with Crippen molar-refractivity contribution in [3.8, 4) is 11.5 Å². The molecule has 0 saturated heterocycles. The number of ether oxygens (including phenoxy) is 1.